The number of carbonyl (C=O) groups excluding carboxylic acids is 3. The van der Waals surface area contributed by atoms with Crippen molar-refractivity contribution in [3.05, 3.63) is 17.7 Å². The van der Waals surface area contributed by atoms with Gasteiger partial charge in [-0.2, -0.15) is 0 Å². The molecule has 1 N–H and O–H groups in total. The molecule has 0 bridgehead atoms. The molecule has 1 aromatic rings. The summed E-state index contributed by atoms with van der Waals surface area (Å²) in [5.74, 6) is -0.597. The van der Waals surface area contributed by atoms with E-state index in [2.05, 4.69) is 29.9 Å². The molecule has 0 aromatic carbocycles. The number of ether oxygens (including phenoxy) is 3. The minimum absolute atomic E-state index is 0.114. The summed E-state index contributed by atoms with van der Waals surface area (Å²) in [4.78, 5) is 39.3. The van der Waals surface area contributed by atoms with Crippen molar-refractivity contribution in [1.82, 2.24) is 14.9 Å². The van der Waals surface area contributed by atoms with E-state index in [9.17, 15) is 14.4 Å². The first kappa shape index (κ1) is 24.8. The molecule has 1 rings (SSSR count). The molecule has 0 saturated heterocycles. The fourth-order valence-electron chi connectivity index (χ4n) is 2.12. The van der Waals surface area contributed by atoms with Gasteiger partial charge in [-0.3, -0.25) is 9.59 Å². The molecule has 0 fully saturated rings. The number of alkyl carbamates (subject to hydrolysis) is 1. The van der Waals surface area contributed by atoms with E-state index in [1.54, 1.807) is 31.5 Å². The quantitative estimate of drug-likeness (QED) is 0.265. The van der Waals surface area contributed by atoms with Crippen molar-refractivity contribution in [2.45, 2.75) is 72.3 Å². The molecule has 0 spiro atoms. The second-order valence-corrected chi connectivity index (χ2v) is 14.6. The van der Waals surface area contributed by atoms with Crippen LogP contribution in [0.3, 0.4) is 0 Å². The number of carbonyl (C=O) groups is 3. The zero-order valence-corrected chi connectivity index (χ0v) is 19.5. The lowest BCUT2D eigenvalue weighted by molar-refractivity contribution is -0.143. The van der Waals surface area contributed by atoms with Gasteiger partial charge in [-0.1, -0.05) is 19.6 Å². The second-order valence-electron chi connectivity index (χ2n) is 8.95. The molecule has 10 heteroatoms. The summed E-state index contributed by atoms with van der Waals surface area (Å²) in [6.45, 7) is 13.8. The van der Waals surface area contributed by atoms with E-state index >= 15 is 0 Å². The van der Waals surface area contributed by atoms with Crippen molar-refractivity contribution in [3.63, 3.8) is 0 Å². The van der Waals surface area contributed by atoms with Crippen LogP contribution in [-0.2, 0) is 32.3 Å². The first-order valence-corrected chi connectivity index (χ1v) is 13.2. The Hall–Kier alpha value is -2.20. The van der Waals surface area contributed by atoms with Gasteiger partial charge in [0.05, 0.1) is 5.69 Å². The minimum Gasteiger partial charge on any atom is -0.458 e. The van der Waals surface area contributed by atoms with Gasteiger partial charge in [0.25, 0.3) is 0 Å². The number of rotatable bonds is 10. The van der Waals surface area contributed by atoms with Gasteiger partial charge in [-0.15, -0.1) is 0 Å². The Balaban J connectivity index is 2.52. The molecule has 1 aromatic heterocycles. The maximum absolute atomic E-state index is 11.8. The molecule has 29 heavy (non-hydrogen) atoms. The molecule has 0 aliphatic heterocycles. The number of esters is 1. The highest BCUT2D eigenvalue weighted by Gasteiger charge is 2.18. The average molecular weight is 428 g/mol. The van der Waals surface area contributed by atoms with Crippen molar-refractivity contribution in [1.29, 1.82) is 0 Å². The Bertz CT molecular complexity index is 719. The fraction of sp³-hybridized carbons (Fsp3) is 0.684. The number of aromatic nitrogens is 2. The Morgan fingerprint density at radius 3 is 2.41 bits per heavy atom. The zero-order valence-electron chi connectivity index (χ0n) is 18.5. The molecule has 1 amide bonds. The van der Waals surface area contributed by atoms with Gasteiger partial charge in [0, 0.05) is 27.8 Å². The van der Waals surface area contributed by atoms with Crippen LogP contribution in [0.1, 0.15) is 44.0 Å². The maximum atomic E-state index is 11.8. The first-order valence-electron chi connectivity index (χ1n) is 9.54. The number of amides is 1. The normalized spacial score (nSPS) is 11.8. The molecule has 0 radical (unpaired) electrons. The summed E-state index contributed by atoms with van der Waals surface area (Å²) in [5.41, 5.74) is -0.226. The molecule has 0 aliphatic carbocycles. The highest BCUT2D eigenvalue weighted by Crippen LogP contribution is 2.10. The van der Waals surface area contributed by atoms with Crippen LogP contribution in [0.25, 0.3) is 0 Å². The molecule has 1 heterocycles. The van der Waals surface area contributed by atoms with Crippen LogP contribution >= 0.6 is 0 Å². The van der Waals surface area contributed by atoms with E-state index in [0.717, 1.165) is 6.04 Å². The number of Topliss-reactive ketones (excluding diaryl/α,β-unsaturated/α-hetero) is 1. The first-order chi connectivity index (χ1) is 13.3. The molecule has 0 unspecified atom stereocenters. The predicted molar refractivity (Wildman–Crippen MR) is 110 cm³/mol. The zero-order chi connectivity index (χ0) is 22.2. The molecule has 164 valence electrons. The van der Waals surface area contributed by atoms with Gasteiger partial charge < -0.3 is 24.1 Å². The van der Waals surface area contributed by atoms with Crippen molar-refractivity contribution >= 4 is 25.9 Å². The van der Waals surface area contributed by atoms with Crippen molar-refractivity contribution in [2.75, 3.05) is 13.2 Å². The minimum atomic E-state index is -1.19. The van der Waals surface area contributed by atoms with Crippen molar-refractivity contribution < 1.29 is 28.6 Å². The number of nitrogens with zero attached hydrogens (tertiary/aromatic N) is 2. The SMILES string of the molecule is CC(=O)c1nc(COC(=O)CNC(=O)OC(C)(C)C)cn1COCC[Si](C)(C)C. The standard InChI is InChI=1S/C19H33N3O6Si/c1-14(23)17-21-15(11-22(17)13-26-8-9-29(5,6)7)12-27-16(24)10-20-18(25)28-19(2,3)4/h11H,8-10,12-13H2,1-7H3,(H,20,25). The molecule has 0 saturated carbocycles. The van der Waals surface area contributed by atoms with Gasteiger partial charge in [0.1, 0.15) is 25.5 Å². The number of imidazole rings is 1. The van der Waals surface area contributed by atoms with Gasteiger partial charge >= 0.3 is 12.1 Å². The topological polar surface area (TPSA) is 109 Å². The maximum Gasteiger partial charge on any atom is 0.408 e. The molecule has 9 nitrogen and oxygen atoms in total. The summed E-state index contributed by atoms with van der Waals surface area (Å²) < 4.78 is 17.4. The van der Waals surface area contributed by atoms with Gasteiger partial charge in [-0.25, -0.2) is 9.78 Å². The van der Waals surface area contributed by atoms with Crippen LogP contribution in [0.2, 0.25) is 25.7 Å². The van der Waals surface area contributed by atoms with Crippen molar-refractivity contribution in [2.24, 2.45) is 0 Å². The van der Waals surface area contributed by atoms with E-state index in [0.29, 0.717) is 12.3 Å². The lowest BCUT2D eigenvalue weighted by atomic mass is 10.2. The lowest BCUT2D eigenvalue weighted by Crippen LogP contribution is -2.36. The van der Waals surface area contributed by atoms with E-state index in [1.807, 2.05) is 0 Å². The third-order valence-electron chi connectivity index (χ3n) is 3.53. The Kier molecular flexibility index (Phi) is 9.02. The van der Waals surface area contributed by atoms with Crippen LogP contribution in [-0.4, -0.2) is 54.2 Å². The third-order valence-corrected chi connectivity index (χ3v) is 5.23. The van der Waals surface area contributed by atoms with Gasteiger partial charge in [0.15, 0.2) is 11.6 Å². The molecular weight excluding hydrogens is 394 g/mol. The summed E-state index contributed by atoms with van der Waals surface area (Å²) in [6.07, 6.45) is 0.924. The largest absolute Gasteiger partial charge is 0.458 e. The highest BCUT2D eigenvalue weighted by molar-refractivity contribution is 6.76. The van der Waals surface area contributed by atoms with Crippen LogP contribution in [0.4, 0.5) is 4.79 Å². The predicted octanol–water partition coefficient (Wildman–Crippen LogP) is 2.97. The number of hydrogen-bond acceptors (Lipinski definition) is 7. The molecule has 0 atom stereocenters. The Morgan fingerprint density at radius 2 is 1.86 bits per heavy atom. The monoisotopic (exact) mass is 427 g/mol. The molecule has 0 aliphatic rings. The summed E-state index contributed by atoms with van der Waals surface area (Å²) in [7, 11) is -1.19. The average Bonchev–Trinajstić information content (AvgIpc) is 2.96. The summed E-state index contributed by atoms with van der Waals surface area (Å²) >= 11 is 0. The fourth-order valence-corrected chi connectivity index (χ4v) is 2.88. The lowest BCUT2D eigenvalue weighted by Gasteiger charge is -2.19. The van der Waals surface area contributed by atoms with E-state index in [1.165, 1.54) is 6.92 Å². The number of ketones is 1. The van der Waals surface area contributed by atoms with Gasteiger partial charge in [-0.05, 0) is 26.8 Å². The van der Waals surface area contributed by atoms with Gasteiger partial charge in [0.2, 0.25) is 0 Å². The summed E-state index contributed by atoms with van der Waals surface area (Å²) in [6, 6.07) is 1.02. The van der Waals surface area contributed by atoms with E-state index in [4.69, 9.17) is 14.2 Å². The Morgan fingerprint density at radius 1 is 1.21 bits per heavy atom. The highest BCUT2D eigenvalue weighted by atomic mass is 28.3. The second kappa shape index (κ2) is 10.5. The van der Waals surface area contributed by atoms with Crippen LogP contribution in [0.5, 0.6) is 0 Å². The van der Waals surface area contributed by atoms with Crippen molar-refractivity contribution in [3.8, 4) is 0 Å². The molecular formula is C19H33N3O6Si. The van der Waals surface area contributed by atoms with E-state index < -0.39 is 25.7 Å². The van der Waals surface area contributed by atoms with Crippen LogP contribution < -0.4 is 5.32 Å². The van der Waals surface area contributed by atoms with Crippen LogP contribution in [0.15, 0.2) is 6.20 Å². The van der Waals surface area contributed by atoms with E-state index in [-0.39, 0.29) is 31.5 Å². The third kappa shape index (κ3) is 10.8. The summed E-state index contributed by atoms with van der Waals surface area (Å²) in [5, 5.41) is 2.32. The Labute approximate surface area is 173 Å². The number of nitrogens with one attached hydrogen (secondary N) is 1. The number of hydrogen-bond donors (Lipinski definition) is 1. The van der Waals surface area contributed by atoms with Crippen LogP contribution in [0, 0.1) is 0 Å². The smallest absolute Gasteiger partial charge is 0.408 e.